The Bertz CT molecular complexity index is 0. The zero-order valence-electron chi connectivity index (χ0n) is 0. The van der Waals surface area contributed by atoms with Crippen molar-refractivity contribution in [3.05, 3.63) is 0 Å². The minimum absolute atomic E-state index is 0. The second-order valence-corrected chi connectivity index (χ2v) is 0. The maximum absolute atomic E-state index is 0. The molecular formula is H15B5. The zero-order valence-corrected chi connectivity index (χ0v) is 0. The highest BCUT2D eigenvalue weighted by Gasteiger charge is 0.0854. The third kappa shape index (κ3) is 222. The van der Waals surface area contributed by atoms with Gasteiger partial charge in [0.25, 0.3) is 0 Å². The van der Waals surface area contributed by atoms with Gasteiger partial charge in [0.2, 0.25) is 0 Å². The summed E-state index contributed by atoms with van der Waals surface area (Å²) in [6, 6.07) is 0. The van der Waals surface area contributed by atoms with Gasteiger partial charge in [0.15, 0.2) is 0 Å². The van der Waals surface area contributed by atoms with E-state index in [0.29, 0.717) is 0 Å². The summed E-state index contributed by atoms with van der Waals surface area (Å²) in [6.45, 7) is 0. The van der Waals surface area contributed by atoms with Crippen molar-refractivity contribution in [1.29, 1.82) is 0 Å². The van der Waals surface area contributed by atoms with Gasteiger partial charge in [-0.2, -0.15) is 0 Å². The predicted molar refractivity (Wildman–Crippen MR) is 49.7 cm³/mol. The van der Waals surface area contributed by atoms with Gasteiger partial charge in [-0.3, -0.25) is 0 Å². The largest absolute Gasteiger partial charge is 0.0814 e. The molecule has 5 heteroatoms. The number of rotatable bonds is 0. The van der Waals surface area contributed by atoms with Crippen LogP contribution < -0.4 is 0 Å². The van der Waals surface area contributed by atoms with Crippen LogP contribution in [0.25, 0.3) is 0 Å². The fourth-order valence-electron chi connectivity index (χ4n) is 0. The molecule has 0 spiro atoms. The fraction of sp³-hybridized carbons (Fsp3) is 0. The van der Waals surface area contributed by atoms with Crippen molar-refractivity contribution in [2.75, 3.05) is 0 Å². The molecule has 0 rings (SSSR count). The molecule has 0 fully saturated rings. The highest BCUT2D eigenvalue weighted by atomic mass is 10.8. The normalized spacial score (nSPS) is 0. The Labute approximate surface area is 43.0 Å². The summed E-state index contributed by atoms with van der Waals surface area (Å²) in [4.78, 5) is 0. The summed E-state index contributed by atoms with van der Waals surface area (Å²) in [7, 11) is 0. The van der Waals surface area contributed by atoms with Crippen molar-refractivity contribution in [3.63, 3.8) is 0 Å². The predicted octanol–water partition coefficient (Wildman–Crippen LogP) is -5.92. The summed E-state index contributed by atoms with van der Waals surface area (Å²) in [5.74, 6) is 0. The SMILES string of the molecule is B.B.B.B.B. The highest BCUT2D eigenvalue weighted by molar-refractivity contribution is 5.76. The van der Waals surface area contributed by atoms with Gasteiger partial charge in [0, 0.05) is 0 Å². The molecular weight excluding hydrogens is 54.1 g/mol. The molecule has 0 aromatic carbocycles. The molecule has 0 radical (unpaired) electrons. The van der Waals surface area contributed by atoms with Crippen LogP contribution in [0, 0.1) is 0 Å². The van der Waals surface area contributed by atoms with Gasteiger partial charge in [-0.15, -0.1) is 0 Å². The molecule has 0 aromatic rings. The second-order valence-electron chi connectivity index (χ2n) is 0. The molecule has 0 unspecified atom stereocenters. The molecule has 0 amide bonds. The number of hydrogen-bond donors (Lipinski definition) is 0. The average Bonchev–Trinajstić information content (AvgIpc) is 0. The van der Waals surface area contributed by atoms with E-state index in [-0.39, 0.29) is 42.1 Å². The van der Waals surface area contributed by atoms with Gasteiger partial charge in [0.1, 0.15) is 0 Å². The zero-order chi connectivity index (χ0) is 0. The first-order valence-electron chi connectivity index (χ1n) is 0. The van der Waals surface area contributed by atoms with Crippen molar-refractivity contribution < 1.29 is 0 Å². The van der Waals surface area contributed by atoms with E-state index in [1.54, 1.807) is 0 Å². The van der Waals surface area contributed by atoms with Crippen LogP contribution in [0.1, 0.15) is 0 Å². The van der Waals surface area contributed by atoms with Gasteiger partial charge < -0.3 is 0 Å². The summed E-state index contributed by atoms with van der Waals surface area (Å²) < 4.78 is 0. The Morgan fingerprint density at radius 1 is 0.200 bits per heavy atom. The third-order valence-corrected chi connectivity index (χ3v) is 0. The second kappa shape index (κ2) is 453. The fourth-order valence-corrected chi connectivity index (χ4v) is 0. The molecule has 0 saturated heterocycles. The Hall–Kier alpha value is 0.325. The molecule has 0 heterocycles. The van der Waals surface area contributed by atoms with Crippen molar-refractivity contribution in [1.82, 2.24) is 0 Å². The standard InChI is InChI=1S/5BH3/h5*1H3. The van der Waals surface area contributed by atoms with Crippen LogP contribution in [0.2, 0.25) is 0 Å². The summed E-state index contributed by atoms with van der Waals surface area (Å²) in [6.07, 6.45) is 0. The molecule has 0 aliphatic heterocycles. The van der Waals surface area contributed by atoms with Crippen molar-refractivity contribution >= 4 is 42.1 Å². The van der Waals surface area contributed by atoms with Crippen LogP contribution in [-0.4, -0.2) is 42.1 Å². The van der Waals surface area contributed by atoms with Crippen molar-refractivity contribution in [3.8, 4) is 0 Å². The van der Waals surface area contributed by atoms with E-state index in [9.17, 15) is 0 Å². The van der Waals surface area contributed by atoms with Gasteiger partial charge in [-0.05, 0) is 0 Å². The smallest absolute Gasteiger partial charge is 0.0814 e. The van der Waals surface area contributed by atoms with Gasteiger partial charge in [-0.1, -0.05) is 0 Å². The lowest BCUT2D eigenvalue weighted by atomic mass is 10.8. The lowest BCUT2D eigenvalue weighted by Crippen LogP contribution is -0.382. The Morgan fingerprint density at radius 2 is 0.200 bits per heavy atom. The Balaban J connectivity index is 0. The van der Waals surface area contributed by atoms with Crippen LogP contribution in [0.4, 0.5) is 0 Å². The Kier molecular flexibility index (Phi) is 85700. The maximum Gasteiger partial charge on any atom is 0.0814 e. The van der Waals surface area contributed by atoms with E-state index in [1.807, 2.05) is 0 Å². The van der Waals surface area contributed by atoms with Crippen LogP contribution in [0.3, 0.4) is 0 Å². The van der Waals surface area contributed by atoms with Gasteiger partial charge in [0.05, 0.1) is 42.1 Å². The lowest BCUT2D eigenvalue weighted by molar-refractivity contribution is 5.75. The van der Waals surface area contributed by atoms with E-state index in [0.717, 1.165) is 0 Å². The van der Waals surface area contributed by atoms with Crippen molar-refractivity contribution in [2.45, 2.75) is 0 Å². The molecule has 0 aliphatic rings. The van der Waals surface area contributed by atoms with Crippen LogP contribution in [-0.2, 0) is 0 Å². The molecule has 0 nitrogen and oxygen atoms in total. The molecule has 0 atom stereocenters. The van der Waals surface area contributed by atoms with Gasteiger partial charge in [-0.25, -0.2) is 0 Å². The number of hydrogen-bond acceptors (Lipinski definition) is 0. The molecule has 0 aromatic heterocycles. The maximum atomic E-state index is 0. The summed E-state index contributed by atoms with van der Waals surface area (Å²) in [5.41, 5.74) is 0. The molecule has 0 saturated carbocycles. The molecule has 5 heavy (non-hydrogen) atoms. The van der Waals surface area contributed by atoms with Gasteiger partial charge >= 0.3 is 0 Å². The van der Waals surface area contributed by atoms with Crippen molar-refractivity contribution in [2.24, 2.45) is 0 Å². The van der Waals surface area contributed by atoms with E-state index in [2.05, 4.69) is 0 Å². The Morgan fingerprint density at radius 3 is 0.200 bits per heavy atom. The molecule has 30 valence electrons. The molecule has 0 N–H and O–H groups in total. The quantitative estimate of drug-likeness (QED) is 0.248. The monoisotopic (exact) mass is 70.2 g/mol. The topological polar surface area (TPSA) is 0 Å². The van der Waals surface area contributed by atoms with Crippen LogP contribution >= 0.6 is 0 Å². The van der Waals surface area contributed by atoms with E-state index in [1.165, 1.54) is 0 Å². The van der Waals surface area contributed by atoms with E-state index in [4.69, 9.17) is 0 Å². The highest BCUT2D eigenvalue weighted by Crippen LogP contribution is -0.377. The van der Waals surface area contributed by atoms with E-state index >= 15 is 0 Å². The first-order valence-corrected chi connectivity index (χ1v) is 0. The summed E-state index contributed by atoms with van der Waals surface area (Å²) >= 11 is 0. The van der Waals surface area contributed by atoms with Crippen LogP contribution in [0.15, 0.2) is 0 Å². The van der Waals surface area contributed by atoms with E-state index < -0.39 is 0 Å². The molecule has 0 bridgehead atoms. The minimum atomic E-state index is 0. The first-order chi connectivity index (χ1) is 0. The molecule has 0 aliphatic carbocycles. The average molecular weight is 69.2 g/mol. The lowest BCUT2D eigenvalue weighted by Gasteiger charge is 0.0804. The third-order valence-electron chi connectivity index (χ3n) is 0. The summed E-state index contributed by atoms with van der Waals surface area (Å²) in [5, 5.41) is 0. The van der Waals surface area contributed by atoms with Crippen LogP contribution in [0.5, 0.6) is 0 Å². The first kappa shape index (κ1) is 945. The minimum Gasteiger partial charge on any atom is 0.0814 e.